The zero-order valence-corrected chi connectivity index (χ0v) is 13.8. The lowest BCUT2D eigenvalue weighted by molar-refractivity contribution is -0.120. The van der Waals surface area contributed by atoms with Crippen molar-refractivity contribution in [2.75, 3.05) is 11.9 Å². The van der Waals surface area contributed by atoms with Crippen LogP contribution in [0.1, 0.15) is 18.4 Å². The second kappa shape index (κ2) is 6.55. The Balaban J connectivity index is 1.72. The van der Waals surface area contributed by atoms with Crippen molar-refractivity contribution in [2.45, 2.75) is 31.5 Å². The van der Waals surface area contributed by atoms with Crippen molar-refractivity contribution in [1.82, 2.24) is 14.9 Å². The third kappa shape index (κ3) is 3.71. The Labute approximate surface area is 143 Å². The van der Waals surface area contributed by atoms with Crippen molar-refractivity contribution in [1.29, 1.82) is 0 Å². The Morgan fingerprint density at radius 3 is 2.92 bits per heavy atom. The minimum absolute atomic E-state index is 0.128. The van der Waals surface area contributed by atoms with Gasteiger partial charge in [0.25, 0.3) is 0 Å². The molecule has 0 unspecified atom stereocenters. The highest BCUT2D eigenvalue weighted by Crippen LogP contribution is 2.31. The average Bonchev–Trinajstić information content (AvgIpc) is 2.78. The van der Waals surface area contributed by atoms with E-state index >= 15 is 0 Å². The number of piperidine rings is 1. The van der Waals surface area contributed by atoms with E-state index in [1.54, 1.807) is 12.1 Å². The summed E-state index contributed by atoms with van der Waals surface area (Å²) in [6, 6.07) is 1.22. The molecule has 2 atom stereocenters. The molecule has 4 N–H and O–H groups in total. The predicted molar refractivity (Wildman–Crippen MR) is 84.1 cm³/mol. The lowest BCUT2D eigenvalue weighted by Crippen LogP contribution is -2.47. The predicted octanol–water partition coefficient (Wildman–Crippen LogP) is -0.518. The average molecular weight is 371 g/mol. The number of pyridine rings is 1. The van der Waals surface area contributed by atoms with Crippen LogP contribution in [-0.4, -0.2) is 58.5 Å². The number of fused-ring (bicyclic) bond motifs is 2. The van der Waals surface area contributed by atoms with Crippen molar-refractivity contribution >= 4 is 28.2 Å². The van der Waals surface area contributed by atoms with Gasteiger partial charge in [-0.1, -0.05) is 0 Å². The summed E-state index contributed by atoms with van der Waals surface area (Å²) in [7, 11) is -4.82. The zero-order valence-electron chi connectivity index (χ0n) is 13.0. The summed E-state index contributed by atoms with van der Waals surface area (Å²) in [5.41, 5.74) is 6.33. The number of nitrogens with two attached hydrogens (primary N) is 1. The van der Waals surface area contributed by atoms with E-state index in [0.29, 0.717) is 30.3 Å². The Morgan fingerprint density at radius 1 is 1.48 bits per heavy atom. The maximum absolute atomic E-state index is 12.5. The molecular formula is C13H17N5O6S. The summed E-state index contributed by atoms with van der Waals surface area (Å²) in [6.07, 6.45) is 2.19. The Bertz CT molecular complexity index is 800. The molecule has 2 aliphatic rings. The second-order valence-electron chi connectivity index (χ2n) is 5.75. The molecule has 0 aliphatic carbocycles. The highest BCUT2D eigenvalue weighted by molar-refractivity contribution is 7.80. The standard InChI is InChI=1S/C13H17N5O6S/c14-6-8-3-4-15-11(5-8)16-12(19)10-2-1-9-7-17(10)13(20)18(9)24-25(21,22)23/h3-5,9-10H,1-2,6-7,14H2,(H,15,16,19)(H,21,22,23)/t9-,10+/m1/s1. The lowest BCUT2D eigenvalue weighted by atomic mass is 10.0. The largest absolute Gasteiger partial charge is 0.418 e. The Morgan fingerprint density at radius 2 is 2.24 bits per heavy atom. The number of hydrogen-bond donors (Lipinski definition) is 3. The first-order valence-corrected chi connectivity index (χ1v) is 8.87. The molecule has 12 heteroatoms. The van der Waals surface area contributed by atoms with Crippen LogP contribution in [0.2, 0.25) is 0 Å². The smallest absolute Gasteiger partial charge is 0.326 e. The van der Waals surface area contributed by atoms with Crippen LogP contribution in [0.4, 0.5) is 10.6 Å². The number of carbonyl (C=O) groups excluding carboxylic acids is 2. The molecule has 3 heterocycles. The number of aromatic nitrogens is 1. The quantitative estimate of drug-likeness (QED) is 0.584. The zero-order chi connectivity index (χ0) is 18.2. The number of nitrogens with zero attached hydrogens (tertiary/aromatic N) is 3. The van der Waals surface area contributed by atoms with Gasteiger partial charge in [0.15, 0.2) is 0 Å². The first-order chi connectivity index (χ1) is 11.8. The van der Waals surface area contributed by atoms with Crippen molar-refractivity contribution in [2.24, 2.45) is 5.73 Å². The summed E-state index contributed by atoms with van der Waals surface area (Å²) in [5, 5.41) is 3.22. The number of urea groups is 1. The third-order valence-electron chi connectivity index (χ3n) is 4.11. The van der Waals surface area contributed by atoms with Gasteiger partial charge in [-0.15, -0.1) is 4.28 Å². The first kappa shape index (κ1) is 17.5. The maximum Gasteiger partial charge on any atom is 0.418 e. The lowest BCUT2D eigenvalue weighted by Gasteiger charge is -2.29. The van der Waals surface area contributed by atoms with E-state index in [-0.39, 0.29) is 6.54 Å². The van der Waals surface area contributed by atoms with Gasteiger partial charge >= 0.3 is 16.4 Å². The molecule has 0 saturated carbocycles. The molecule has 2 aliphatic heterocycles. The number of carbonyl (C=O) groups is 2. The van der Waals surface area contributed by atoms with Crippen LogP contribution < -0.4 is 11.1 Å². The fraction of sp³-hybridized carbons (Fsp3) is 0.462. The van der Waals surface area contributed by atoms with Crippen LogP contribution in [0.15, 0.2) is 18.3 Å². The number of hydrogen-bond acceptors (Lipinski definition) is 7. The van der Waals surface area contributed by atoms with E-state index in [1.807, 2.05) is 0 Å². The summed E-state index contributed by atoms with van der Waals surface area (Å²) in [6.45, 7) is 0.422. The summed E-state index contributed by atoms with van der Waals surface area (Å²) in [5.74, 6) is -0.130. The Kier molecular flexibility index (Phi) is 4.60. The van der Waals surface area contributed by atoms with Gasteiger partial charge in [-0.3, -0.25) is 9.35 Å². The molecule has 0 spiro atoms. The molecule has 1 aromatic rings. The van der Waals surface area contributed by atoms with Gasteiger partial charge in [-0.25, -0.2) is 9.78 Å². The number of amides is 3. The molecule has 3 amide bonds. The van der Waals surface area contributed by atoms with Gasteiger partial charge in [-0.05, 0) is 30.5 Å². The van der Waals surface area contributed by atoms with Crippen LogP contribution in [0.5, 0.6) is 0 Å². The number of anilines is 1. The number of nitrogens with one attached hydrogen (secondary N) is 1. The number of hydroxylamine groups is 2. The maximum atomic E-state index is 12.5. The van der Waals surface area contributed by atoms with Gasteiger partial charge in [0.05, 0.1) is 6.04 Å². The first-order valence-electron chi connectivity index (χ1n) is 7.51. The van der Waals surface area contributed by atoms with E-state index in [4.69, 9.17) is 10.3 Å². The van der Waals surface area contributed by atoms with Crippen molar-refractivity contribution in [3.8, 4) is 0 Å². The molecule has 136 valence electrons. The second-order valence-corrected chi connectivity index (χ2v) is 6.76. The van der Waals surface area contributed by atoms with Crippen LogP contribution in [0.25, 0.3) is 0 Å². The van der Waals surface area contributed by atoms with Crippen molar-refractivity contribution < 1.29 is 26.8 Å². The minimum Gasteiger partial charge on any atom is -0.326 e. The number of rotatable bonds is 5. The highest BCUT2D eigenvalue weighted by atomic mass is 32.3. The van der Waals surface area contributed by atoms with Crippen LogP contribution in [0.3, 0.4) is 0 Å². The van der Waals surface area contributed by atoms with Gasteiger partial charge in [0, 0.05) is 19.3 Å². The Hall–Kier alpha value is -2.28. The van der Waals surface area contributed by atoms with E-state index in [0.717, 1.165) is 5.56 Å². The van der Waals surface area contributed by atoms with Crippen LogP contribution in [0, 0.1) is 0 Å². The molecule has 11 nitrogen and oxygen atoms in total. The summed E-state index contributed by atoms with van der Waals surface area (Å²) < 4.78 is 34.8. The van der Waals surface area contributed by atoms with E-state index in [1.165, 1.54) is 11.1 Å². The molecule has 2 bridgehead atoms. The van der Waals surface area contributed by atoms with Crippen molar-refractivity contribution in [3.63, 3.8) is 0 Å². The third-order valence-corrected chi connectivity index (χ3v) is 4.46. The molecule has 3 rings (SSSR count). The highest BCUT2D eigenvalue weighted by Gasteiger charge is 2.49. The van der Waals surface area contributed by atoms with Gasteiger partial charge in [0.2, 0.25) is 5.91 Å². The SMILES string of the molecule is NCc1ccnc(NC(=O)[C@@H]2CC[C@@H]3CN2C(=O)N3OS(=O)(=O)O)c1. The molecule has 25 heavy (non-hydrogen) atoms. The van der Waals surface area contributed by atoms with Crippen LogP contribution in [-0.2, 0) is 26.0 Å². The summed E-state index contributed by atoms with van der Waals surface area (Å²) in [4.78, 5) is 30.0. The molecule has 2 saturated heterocycles. The molecule has 0 radical (unpaired) electrons. The summed E-state index contributed by atoms with van der Waals surface area (Å²) >= 11 is 0. The van der Waals surface area contributed by atoms with E-state index in [2.05, 4.69) is 14.6 Å². The molecule has 1 aromatic heterocycles. The van der Waals surface area contributed by atoms with Gasteiger partial charge in [-0.2, -0.15) is 13.5 Å². The minimum atomic E-state index is -4.82. The van der Waals surface area contributed by atoms with Gasteiger partial charge in [0.1, 0.15) is 11.9 Å². The van der Waals surface area contributed by atoms with Crippen molar-refractivity contribution in [3.05, 3.63) is 23.9 Å². The fourth-order valence-electron chi connectivity index (χ4n) is 2.98. The van der Waals surface area contributed by atoms with Crippen LogP contribution >= 0.6 is 0 Å². The molecule has 2 fully saturated rings. The normalized spacial score (nSPS) is 23.0. The molecular weight excluding hydrogens is 354 g/mol. The molecule has 0 aromatic carbocycles. The van der Waals surface area contributed by atoms with E-state index < -0.39 is 34.4 Å². The monoisotopic (exact) mass is 371 g/mol. The fourth-order valence-corrected chi connectivity index (χ4v) is 3.37. The van der Waals surface area contributed by atoms with E-state index in [9.17, 15) is 18.0 Å². The van der Waals surface area contributed by atoms with Gasteiger partial charge < -0.3 is 16.0 Å². The topological polar surface area (TPSA) is 155 Å².